The first-order chi connectivity index (χ1) is 24.7. The highest BCUT2D eigenvalue weighted by Gasteiger charge is 2.41. The van der Waals surface area contributed by atoms with E-state index >= 15 is 0 Å². The molecule has 10 nitrogen and oxygen atoms in total. The highest BCUT2D eigenvalue weighted by molar-refractivity contribution is 8.13. The third-order valence-electron chi connectivity index (χ3n) is 8.54. The Labute approximate surface area is 305 Å². The fraction of sp³-hybridized carbons (Fsp3) is 0.368. The fourth-order valence-electron chi connectivity index (χ4n) is 5.99. The Morgan fingerprint density at radius 2 is 1.67 bits per heavy atom. The zero-order valence-corrected chi connectivity index (χ0v) is 29.9. The number of nitrogens with zero attached hydrogens (tertiary/aromatic N) is 4. The lowest BCUT2D eigenvalue weighted by atomic mass is 9.93. The highest BCUT2D eigenvalue weighted by Crippen LogP contribution is 2.42. The van der Waals surface area contributed by atoms with Crippen molar-refractivity contribution in [2.24, 2.45) is 0 Å². The molecule has 1 aliphatic carbocycles. The summed E-state index contributed by atoms with van der Waals surface area (Å²) >= 11 is 7.10. The molecule has 2 aliphatic heterocycles. The molecule has 3 aliphatic rings. The summed E-state index contributed by atoms with van der Waals surface area (Å²) in [6.07, 6.45) is 15.2. The van der Waals surface area contributed by atoms with Gasteiger partial charge < -0.3 is 9.47 Å². The molecule has 1 aromatic heterocycles. The van der Waals surface area contributed by atoms with Crippen LogP contribution in [0.1, 0.15) is 71.1 Å². The minimum atomic E-state index is -0.764. The fourth-order valence-corrected chi connectivity index (χ4v) is 6.79. The van der Waals surface area contributed by atoms with Crippen molar-refractivity contribution in [3.05, 3.63) is 70.6 Å². The standard InChI is InChI=1S/C19H23ClN2O2S.C19H15FN2O4/c1-2-3-4-5-6-10-13-25-19(23)24-16-14-17(20)21-22-18(16)15-11-8-7-9-12-15;1-2-7-21-15-9-14(13(20)8-16(15)26-10-17(21)23)22-18(24)11-5-3-4-6-12(11)19(22)25/h7-9,11-12,14H,2-6,10,13H2,1H3;1,8-9H,3-7,10H2. The van der Waals surface area contributed by atoms with Crippen molar-refractivity contribution in [1.82, 2.24) is 10.2 Å². The van der Waals surface area contributed by atoms with Crippen LogP contribution in [0.25, 0.3) is 11.3 Å². The molecule has 0 radical (unpaired) electrons. The van der Waals surface area contributed by atoms with Crippen LogP contribution in [0.2, 0.25) is 5.15 Å². The quantitative estimate of drug-likeness (QED) is 0.0830. The van der Waals surface area contributed by atoms with E-state index in [9.17, 15) is 23.6 Å². The van der Waals surface area contributed by atoms with E-state index in [1.165, 1.54) is 54.5 Å². The summed E-state index contributed by atoms with van der Waals surface area (Å²) in [4.78, 5) is 51.6. The summed E-state index contributed by atoms with van der Waals surface area (Å²) in [6.45, 7) is 1.94. The molecule has 266 valence electrons. The van der Waals surface area contributed by atoms with Gasteiger partial charge in [-0.15, -0.1) is 16.6 Å². The van der Waals surface area contributed by atoms with Crippen LogP contribution >= 0.6 is 23.4 Å². The van der Waals surface area contributed by atoms with Gasteiger partial charge in [0, 0.05) is 34.6 Å². The van der Waals surface area contributed by atoms with E-state index in [1.807, 2.05) is 30.3 Å². The molecule has 3 aromatic rings. The van der Waals surface area contributed by atoms with Gasteiger partial charge in [-0.25, -0.2) is 14.1 Å². The second-order valence-corrected chi connectivity index (χ2v) is 13.5. The number of hydrogen-bond acceptors (Lipinski definition) is 9. The summed E-state index contributed by atoms with van der Waals surface area (Å²) in [7, 11) is 0. The van der Waals surface area contributed by atoms with Crippen LogP contribution in [0, 0.1) is 18.2 Å². The Kier molecular flexibility index (Phi) is 13.2. The van der Waals surface area contributed by atoms with Crippen molar-refractivity contribution in [2.45, 2.75) is 71.1 Å². The van der Waals surface area contributed by atoms with Crippen molar-refractivity contribution in [3.8, 4) is 35.1 Å². The Balaban J connectivity index is 0.000000198. The summed E-state index contributed by atoms with van der Waals surface area (Å²) < 4.78 is 25.4. The van der Waals surface area contributed by atoms with Crippen molar-refractivity contribution in [1.29, 1.82) is 0 Å². The molecule has 0 saturated carbocycles. The first-order valence-corrected chi connectivity index (χ1v) is 18.3. The Morgan fingerprint density at radius 3 is 2.35 bits per heavy atom. The smallest absolute Gasteiger partial charge is 0.372 e. The van der Waals surface area contributed by atoms with E-state index in [2.05, 4.69) is 23.0 Å². The van der Waals surface area contributed by atoms with E-state index in [4.69, 9.17) is 27.5 Å². The van der Waals surface area contributed by atoms with Crippen molar-refractivity contribution >= 4 is 57.8 Å². The third-order valence-corrected chi connectivity index (χ3v) is 9.54. The lowest BCUT2D eigenvalue weighted by Crippen LogP contribution is -2.39. The number of terminal acetylenes is 1. The van der Waals surface area contributed by atoms with Crippen LogP contribution < -0.4 is 19.3 Å². The number of ether oxygens (including phenoxy) is 2. The van der Waals surface area contributed by atoms with Gasteiger partial charge in [0.1, 0.15) is 11.4 Å². The molecule has 0 atom stereocenters. The van der Waals surface area contributed by atoms with Gasteiger partial charge in [-0.1, -0.05) is 86.9 Å². The van der Waals surface area contributed by atoms with Crippen molar-refractivity contribution in [2.75, 3.05) is 28.7 Å². The van der Waals surface area contributed by atoms with Gasteiger partial charge in [0.2, 0.25) is 0 Å². The van der Waals surface area contributed by atoms with E-state index in [0.29, 0.717) is 35.4 Å². The number of amides is 3. The molecule has 3 amide bonds. The molecule has 3 heterocycles. The molecule has 51 heavy (non-hydrogen) atoms. The molecule has 0 saturated heterocycles. The molecule has 13 heteroatoms. The second kappa shape index (κ2) is 18.0. The second-order valence-electron chi connectivity index (χ2n) is 12.1. The van der Waals surface area contributed by atoms with Crippen LogP contribution in [0.5, 0.6) is 11.5 Å². The predicted molar refractivity (Wildman–Crippen MR) is 195 cm³/mol. The van der Waals surface area contributed by atoms with Crippen molar-refractivity contribution in [3.63, 3.8) is 0 Å². The van der Waals surface area contributed by atoms with Gasteiger partial charge in [-0.2, -0.15) is 0 Å². The maximum Gasteiger partial charge on any atom is 0.372 e. The van der Waals surface area contributed by atoms with Crippen LogP contribution in [-0.4, -0.2) is 52.1 Å². The molecular weight excluding hydrogens is 695 g/mol. The van der Waals surface area contributed by atoms with E-state index in [1.54, 1.807) is 0 Å². The first kappa shape index (κ1) is 37.5. The minimum Gasteiger partial charge on any atom is -0.481 e. The summed E-state index contributed by atoms with van der Waals surface area (Å²) in [5.74, 6) is 1.51. The lowest BCUT2D eigenvalue weighted by molar-refractivity contribution is -0.121. The van der Waals surface area contributed by atoms with Gasteiger partial charge in [0.15, 0.2) is 23.3 Å². The maximum atomic E-state index is 14.7. The molecule has 0 bridgehead atoms. The average Bonchev–Trinajstić information content (AvgIpc) is 3.38. The SMILES string of the molecule is C#CCN1C(=O)COc2cc(F)c(N3C(=O)C4=C(CCCC4)C3=O)cc21.CCCCCCCCSC(=O)Oc1cc(Cl)nnc1-c1ccccc1. The van der Waals surface area contributed by atoms with Gasteiger partial charge in [-0.3, -0.25) is 19.3 Å². The molecular formula is C38H38ClFN4O6S. The molecule has 0 unspecified atom stereocenters. The molecule has 0 fully saturated rings. The maximum absolute atomic E-state index is 14.7. The van der Waals surface area contributed by atoms with Gasteiger partial charge in [0.25, 0.3) is 17.7 Å². The number of aromatic nitrogens is 2. The summed E-state index contributed by atoms with van der Waals surface area (Å²) in [5, 5.41) is 7.78. The highest BCUT2D eigenvalue weighted by atomic mass is 35.5. The normalized spacial score (nSPS) is 15.1. The number of carbonyl (C=O) groups is 4. The number of thioether (sulfide) groups is 1. The minimum absolute atomic E-state index is 0.0170. The zero-order chi connectivity index (χ0) is 36.3. The van der Waals surface area contributed by atoms with Gasteiger partial charge in [-0.05, 0) is 49.9 Å². The number of unbranched alkanes of at least 4 members (excludes halogenated alkanes) is 5. The van der Waals surface area contributed by atoms with Gasteiger partial charge >= 0.3 is 5.30 Å². The number of carbonyl (C=O) groups excluding carboxylic acids is 4. The zero-order valence-electron chi connectivity index (χ0n) is 28.3. The molecule has 0 spiro atoms. The van der Waals surface area contributed by atoms with Gasteiger partial charge in [0.05, 0.1) is 17.9 Å². The number of benzene rings is 2. The number of hydrogen-bond donors (Lipinski definition) is 0. The van der Waals surface area contributed by atoms with E-state index in [0.717, 1.165) is 48.0 Å². The largest absolute Gasteiger partial charge is 0.481 e. The topological polar surface area (TPSA) is 119 Å². The Bertz CT molecular complexity index is 1840. The van der Waals surface area contributed by atoms with Crippen LogP contribution in [0.3, 0.4) is 0 Å². The lowest BCUT2D eigenvalue weighted by Gasteiger charge is -2.29. The number of rotatable bonds is 11. The monoisotopic (exact) mass is 732 g/mol. The van der Waals surface area contributed by atoms with Crippen LogP contribution in [0.4, 0.5) is 20.6 Å². The van der Waals surface area contributed by atoms with Crippen LogP contribution in [-0.2, 0) is 14.4 Å². The number of fused-ring (bicyclic) bond motifs is 1. The number of anilines is 2. The summed E-state index contributed by atoms with van der Waals surface area (Å²) in [6, 6.07) is 13.4. The number of halogens is 2. The average molecular weight is 733 g/mol. The molecule has 2 aromatic carbocycles. The Hall–Kier alpha value is -4.73. The van der Waals surface area contributed by atoms with E-state index in [-0.39, 0.29) is 46.6 Å². The predicted octanol–water partition coefficient (Wildman–Crippen LogP) is 8.32. The van der Waals surface area contributed by atoms with Crippen LogP contribution in [0.15, 0.2) is 59.7 Å². The van der Waals surface area contributed by atoms with E-state index < -0.39 is 17.6 Å². The first-order valence-electron chi connectivity index (χ1n) is 17.0. The number of imide groups is 1. The Morgan fingerprint density at radius 1 is 0.980 bits per heavy atom. The summed E-state index contributed by atoms with van der Waals surface area (Å²) in [5.41, 5.74) is 2.33. The molecule has 6 rings (SSSR count). The third kappa shape index (κ3) is 9.15. The molecule has 0 N–H and O–H groups in total. The van der Waals surface area contributed by atoms with Crippen molar-refractivity contribution < 1.29 is 33.0 Å².